The van der Waals surface area contributed by atoms with E-state index < -0.39 is 0 Å². The van der Waals surface area contributed by atoms with E-state index in [1.807, 2.05) is 0 Å². The van der Waals surface area contributed by atoms with E-state index in [1.54, 1.807) is 4.90 Å². The average Bonchev–Trinajstić information content (AvgIpc) is 3.56. The molecule has 4 fully saturated rings. The second-order valence-electron chi connectivity index (χ2n) is 10.6. The summed E-state index contributed by atoms with van der Waals surface area (Å²) in [6.07, 6.45) is 11.4. The van der Waals surface area contributed by atoms with Crippen LogP contribution in [0.2, 0.25) is 0 Å². The molecule has 2 amide bonds. The molecule has 4 aliphatic rings. The van der Waals surface area contributed by atoms with E-state index in [1.165, 1.54) is 56.5 Å². The zero-order chi connectivity index (χ0) is 24.0. The van der Waals surface area contributed by atoms with Gasteiger partial charge in [0.15, 0.2) is 0 Å². The van der Waals surface area contributed by atoms with Gasteiger partial charge in [-0.1, -0.05) is 30.6 Å². The molecule has 0 unspecified atom stereocenters. The summed E-state index contributed by atoms with van der Waals surface area (Å²) in [5.41, 5.74) is 0. The number of carbonyl (C=O) groups excluding carboxylic acids is 2. The summed E-state index contributed by atoms with van der Waals surface area (Å²) >= 11 is 1.47. The van der Waals surface area contributed by atoms with Gasteiger partial charge < -0.3 is 15.1 Å². The Hall–Kier alpha value is -1.78. The van der Waals surface area contributed by atoms with Crippen molar-refractivity contribution in [2.75, 3.05) is 68.7 Å². The van der Waals surface area contributed by atoms with Gasteiger partial charge in [-0.25, -0.2) is 0 Å². The normalized spacial score (nSPS) is 25.4. The summed E-state index contributed by atoms with van der Waals surface area (Å²) in [6.45, 7) is 8.84. The van der Waals surface area contributed by atoms with Crippen LogP contribution in [0.1, 0.15) is 64.2 Å². The molecular weight excluding hydrogens is 462 g/mol. The molecule has 1 saturated carbocycles. The van der Waals surface area contributed by atoms with Crippen LogP contribution < -0.4 is 15.1 Å². The lowest BCUT2D eigenvalue weighted by atomic mass is 9.94. The van der Waals surface area contributed by atoms with Crippen molar-refractivity contribution in [1.29, 1.82) is 0 Å². The topological polar surface area (TPSA) is 84.9 Å². The third kappa shape index (κ3) is 6.32. The number of amides is 2. The lowest BCUT2D eigenvalue weighted by Crippen LogP contribution is -2.51. The first-order valence-electron chi connectivity index (χ1n) is 13.8. The number of piperazine rings is 1. The third-order valence-corrected chi connectivity index (χ3v) is 9.23. The highest BCUT2D eigenvalue weighted by molar-refractivity contribution is 7.19. The van der Waals surface area contributed by atoms with Gasteiger partial charge in [0.05, 0.1) is 5.92 Å². The molecule has 194 valence electrons. The summed E-state index contributed by atoms with van der Waals surface area (Å²) in [7, 11) is 0. The number of carbonyl (C=O) groups is 2. The van der Waals surface area contributed by atoms with Crippen molar-refractivity contribution in [1.82, 2.24) is 25.3 Å². The smallest absolute Gasteiger partial charge is 0.228 e. The Kier molecular flexibility index (Phi) is 8.51. The molecule has 10 heteroatoms. The summed E-state index contributed by atoms with van der Waals surface area (Å²) < 4.78 is 0. The molecule has 1 N–H and O–H groups in total. The van der Waals surface area contributed by atoms with Crippen molar-refractivity contribution in [2.45, 2.75) is 70.3 Å². The van der Waals surface area contributed by atoms with Gasteiger partial charge in [0.2, 0.25) is 22.1 Å². The fourth-order valence-corrected chi connectivity index (χ4v) is 7.04. The van der Waals surface area contributed by atoms with E-state index in [-0.39, 0.29) is 17.7 Å². The quantitative estimate of drug-likeness (QED) is 0.545. The van der Waals surface area contributed by atoms with E-state index in [0.29, 0.717) is 18.1 Å². The Morgan fingerprint density at radius 2 is 1.71 bits per heavy atom. The maximum absolute atomic E-state index is 12.9. The number of aromatic nitrogens is 2. The van der Waals surface area contributed by atoms with Gasteiger partial charge in [0.25, 0.3) is 0 Å². The Morgan fingerprint density at radius 3 is 2.49 bits per heavy atom. The van der Waals surface area contributed by atoms with Crippen LogP contribution in [0.25, 0.3) is 0 Å². The molecule has 4 heterocycles. The summed E-state index contributed by atoms with van der Waals surface area (Å²) in [5.74, 6) is 0.287. The van der Waals surface area contributed by atoms with E-state index in [2.05, 4.69) is 30.2 Å². The van der Waals surface area contributed by atoms with Crippen LogP contribution in [0.15, 0.2) is 0 Å². The standard InChI is InChI=1S/C25H41N7O2S/c33-22-10-5-14-32(22)25-28-27-24(35-25)31-13-4-7-20(19-31)23(34)26-11-6-12-29-15-17-30(18-16-29)21-8-2-1-3-9-21/h20-21H,1-19H2,(H,26,34)/t20-/m1/s1. The Morgan fingerprint density at radius 1 is 0.914 bits per heavy atom. The van der Waals surface area contributed by atoms with Gasteiger partial charge >= 0.3 is 0 Å². The molecule has 1 aliphatic carbocycles. The number of rotatable bonds is 8. The van der Waals surface area contributed by atoms with Crippen LogP contribution in [0.5, 0.6) is 0 Å². The largest absolute Gasteiger partial charge is 0.356 e. The van der Waals surface area contributed by atoms with Gasteiger partial charge in [0.1, 0.15) is 0 Å². The zero-order valence-corrected chi connectivity index (χ0v) is 21.8. The van der Waals surface area contributed by atoms with Crippen molar-refractivity contribution in [3.8, 4) is 0 Å². The minimum Gasteiger partial charge on any atom is -0.356 e. The first-order chi connectivity index (χ1) is 17.2. The van der Waals surface area contributed by atoms with E-state index in [4.69, 9.17) is 0 Å². The molecule has 35 heavy (non-hydrogen) atoms. The molecule has 1 atom stereocenters. The molecule has 0 bridgehead atoms. The SMILES string of the molecule is O=C(NCCCN1CCN(C2CCCCC2)CC1)[C@@H]1CCCN(c2nnc(N3CCCC3=O)s2)C1. The summed E-state index contributed by atoms with van der Waals surface area (Å²) in [4.78, 5) is 34.0. The molecule has 3 saturated heterocycles. The maximum Gasteiger partial charge on any atom is 0.228 e. The molecule has 0 spiro atoms. The zero-order valence-electron chi connectivity index (χ0n) is 21.0. The Balaban J connectivity index is 1.00. The summed E-state index contributed by atoms with van der Waals surface area (Å²) in [5, 5.41) is 13.3. The van der Waals surface area contributed by atoms with E-state index in [0.717, 1.165) is 76.1 Å². The first-order valence-corrected chi connectivity index (χ1v) is 14.6. The van der Waals surface area contributed by atoms with E-state index >= 15 is 0 Å². The number of hydrogen-bond acceptors (Lipinski definition) is 8. The van der Waals surface area contributed by atoms with Crippen molar-refractivity contribution in [3.05, 3.63) is 0 Å². The maximum atomic E-state index is 12.9. The molecular formula is C25H41N7O2S. The van der Waals surface area contributed by atoms with Gasteiger partial charge in [-0.2, -0.15) is 0 Å². The van der Waals surface area contributed by atoms with Crippen LogP contribution >= 0.6 is 11.3 Å². The lowest BCUT2D eigenvalue weighted by molar-refractivity contribution is -0.125. The van der Waals surface area contributed by atoms with Gasteiger partial charge in [-0.15, -0.1) is 10.2 Å². The Bertz CT molecular complexity index is 851. The van der Waals surface area contributed by atoms with Gasteiger partial charge in [0, 0.05) is 64.8 Å². The predicted octanol–water partition coefficient (Wildman–Crippen LogP) is 2.34. The van der Waals surface area contributed by atoms with Crippen molar-refractivity contribution < 1.29 is 9.59 Å². The summed E-state index contributed by atoms with van der Waals surface area (Å²) in [6, 6.07) is 0.828. The molecule has 1 aromatic rings. The second kappa shape index (κ2) is 12.0. The predicted molar refractivity (Wildman–Crippen MR) is 139 cm³/mol. The minimum absolute atomic E-state index is 0.0106. The van der Waals surface area contributed by atoms with Crippen molar-refractivity contribution >= 4 is 33.4 Å². The van der Waals surface area contributed by atoms with Gasteiger partial charge in [-0.05, 0) is 45.1 Å². The number of nitrogens with zero attached hydrogens (tertiary/aromatic N) is 6. The van der Waals surface area contributed by atoms with Crippen molar-refractivity contribution in [2.24, 2.45) is 5.92 Å². The van der Waals surface area contributed by atoms with Gasteiger partial charge in [-0.3, -0.25) is 19.4 Å². The van der Waals surface area contributed by atoms with Crippen LogP contribution in [0, 0.1) is 5.92 Å². The fraction of sp³-hybridized carbons (Fsp3) is 0.840. The molecule has 3 aliphatic heterocycles. The molecule has 9 nitrogen and oxygen atoms in total. The molecule has 5 rings (SSSR count). The highest BCUT2D eigenvalue weighted by Gasteiger charge is 2.30. The molecule has 1 aromatic heterocycles. The number of hydrogen-bond donors (Lipinski definition) is 1. The lowest BCUT2D eigenvalue weighted by Gasteiger charge is -2.40. The fourth-order valence-electron chi connectivity index (χ4n) is 6.12. The van der Waals surface area contributed by atoms with Crippen LogP contribution in [-0.4, -0.2) is 96.8 Å². The molecule has 0 aromatic carbocycles. The van der Waals surface area contributed by atoms with Crippen LogP contribution in [0.3, 0.4) is 0 Å². The number of anilines is 2. The minimum atomic E-state index is -0.0106. The number of nitrogens with one attached hydrogen (secondary N) is 1. The second-order valence-corrected chi connectivity index (χ2v) is 11.5. The number of piperidine rings is 1. The van der Waals surface area contributed by atoms with Crippen LogP contribution in [0.4, 0.5) is 10.3 Å². The molecule has 0 radical (unpaired) electrons. The average molecular weight is 504 g/mol. The highest BCUT2D eigenvalue weighted by Crippen LogP contribution is 2.32. The monoisotopic (exact) mass is 503 g/mol. The van der Waals surface area contributed by atoms with Crippen molar-refractivity contribution in [3.63, 3.8) is 0 Å². The first kappa shape index (κ1) is 24.9. The Labute approximate surface area is 213 Å². The highest BCUT2D eigenvalue weighted by atomic mass is 32.1. The van der Waals surface area contributed by atoms with E-state index in [9.17, 15) is 9.59 Å². The third-order valence-electron chi connectivity index (χ3n) is 8.22. The van der Waals surface area contributed by atoms with Crippen LogP contribution in [-0.2, 0) is 9.59 Å².